The second-order valence-corrected chi connectivity index (χ2v) is 6.00. The molecule has 0 unspecified atom stereocenters. The topological polar surface area (TPSA) is 44.4 Å². The number of nitrogens with zero attached hydrogens (tertiary/aromatic N) is 1. The lowest BCUT2D eigenvalue weighted by Crippen LogP contribution is -2.24. The molecule has 0 atom stereocenters. The van der Waals surface area contributed by atoms with Crippen molar-refractivity contribution in [3.63, 3.8) is 0 Å². The standard InChI is InChI=1S/C17H27N3O/c1-14(2)18-11-5-6-17(21)19-15-7-9-16(10-8-15)20-12-3-4-13-20/h7-10,14,18H,3-6,11-13H2,1-2H3,(H,19,21). The fourth-order valence-electron chi connectivity index (χ4n) is 2.59. The molecule has 1 aromatic rings. The molecule has 4 nitrogen and oxygen atoms in total. The van der Waals surface area contributed by atoms with E-state index in [-0.39, 0.29) is 5.91 Å². The lowest BCUT2D eigenvalue weighted by Gasteiger charge is -2.17. The Hall–Kier alpha value is -1.55. The number of nitrogens with one attached hydrogen (secondary N) is 2. The molecule has 1 heterocycles. The number of rotatable bonds is 7. The molecule has 0 spiro atoms. The summed E-state index contributed by atoms with van der Waals surface area (Å²) in [6.07, 6.45) is 4.00. The minimum atomic E-state index is 0.0921. The molecule has 0 bridgehead atoms. The molecule has 1 aliphatic heterocycles. The van der Waals surface area contributed by atoms with Gasteiger partial charge < -0.3 is 15.5 Å². The van der Waals surface area contributed by atoms with Crippen molar-refractivity contribution >= 4 is 17.3 Å². The highest BCUT2D eigenvalue weighted by atomic mass is 16.1. The summed E-state index contributed by atoms with van der Waals surface area (Å²) in [5.74, 6) is 0.0921. The summed E-state index contributed by atoms with van der Waals surface area (Å²) in [7, 11) is 0. The van der Waals surface area contributed by atoms with Crippen molar-refractivity contribution < 1.29 is 4.79 Å². The van der Waals surface area contributed by atoms with E-state index in [4.69, 9.17) is 0 Å². The Morgan fingerprint density at radius 1 is 1.19 bits per heavy atom. The van der Waals surface area contributed by atoms with E-state index in [2.05, 4.69) is 41.5 Å². The lowest BCUT2D eigenvalue weighted by atomic mass is 10.2. The van der Waals surface area contributed by atoms with Gasteiger partial charge in [0, 0.05) is 36.9 Å². The van der Waals surface area contributed by atoms with E-state index >= 15 is 0 Å². The Morgan fingerprint density at radius 3 is 2.48 bits per heavy atom. The number of hydrogen-bond acceptors (Lipinski definition) is 3. The van der Waals surface area contributed by atoms with E-state index in [0.717, 1.165) is 31.7 Å². The summed E-state index contributed by atoms with van der Waals surface area (Å²) in [5, 5.41) is 6.28. The van der Waals surface area contributed by atoms with Crippen LogP contribution in [-0.2, 0) is 4.79 Å². The number of carbonyl (C=O) groups excluding carboxylic acids is 1. The van der Waals surface area contributed by atoms with Crippen LogP contribution in [0, 0.1) is 0 Å². The van der Waals surface area contributed by atoms with Gasteiger partial charge in [-0.1, -0.05) is 13.8 Å². The van der Waals surface area contributed by atoms with Crippen molar-refractivity contribution in [2.45, 2.75) is 45.6 Å². The Kier molecular flexibility index (Phi) is 6.05. The fraction of sp³-hybridized carbons (Fsp3) is 0.588. The van der Waals surface area contributed by atoms with Gasteiger partial charge in [0.25, 0.3) is 0 Å². The third-order valence-electron chi connectivity index (χ3n) is 3.76. The predicted octanol–water partition coefficient (Wildman–Crippen LogP) is 3.00. The Bertz CT molecular complexity index is 436. The van der Waals surface area contributed by atoms with Crippen molar-refractivity contribution in [2.24, 2.45) is 0 Å². The number of benzene rings is 1. The van der Waals surface area contributed by atoms with Gasteiger partial charge in [-0.2, -0.15) is 0 Å². The third kappa shape index (κ3) is 5.38. The van der Waals surface area contributed by atoms with Crippen LogP contribution in [-0.4, -0.2) is 31.6 Å². The van der Waals surface area contributed by atoms with Gasteiger partial charge in [0.15, 0.2) is 0 Å². The Labute approximate surface area is 127 Å². The summed E-state index contributed by atoms with van der Waals surface area (Å²) in [6, 6.07) is 8.67. The van der Waals surface area contributed by atoms with Gasteiger partial charge in [-0.3, -0.25) is 4.79 Å². The van der Waals surface area contributed by atoms with E-state index in [1.807, 2.05) is 12.1 Å². The first-order chi connectivity index (χ1) is 10.1. The van der Waals surface area contributed by atoms with Crippen LogP contribution in [0.15, 0.2) is 24.3 Å². The normalized spacial score (nSPS) is 14.7. The van der Waals surface area contributed by atoms with Gasteiger partial charge >= 0.3 is 0 Å². The van der Waals surface area contributed by atoms with Crippen molar-refractivity contribution in [2.75, 3.05) is 29.9 Å². The van der Waals surface area contributed by atoms with E-state index in [9.17, 15) is 4.79 Å². The minimum absolute atomic E-state index is 0.0921. The molecule has 1 aliphatic rings. The van der Waals surface area contributed by atoms with Crippen LogP contribution < -0.4 is 15.5 Å². The highest BCUT2D eigenvalue weighted by Gasteiger charge is 2.12. The highest BCUT2D eigenvalue weighted by Crippen LogP contribution is 2.22. The molecule has 0 aliphatic carbocycles. The minimum Gasteiger partial charge on any atom is -0.372 e. The predicted molar refractivity (Wildman–Crippen MR) is 88.9 cm³/mol. The van der Waals surface area contributed by atoms with Crippen LogP contribution in [0.2, 0.25) is 0 Å². The molecule has 0 aromatic heterocycles. The zero-order valence-electron chi connectivity index (χ0n) is 13.2. The Balaban J connectivity index is 1.73. The van der Waals surface area contributed by atoms with Crippen LogP contribution in [0.1, 0.15) is 39.5 Å². The van der Waals surface area contributed by atoms with Gasteiger partial charge in [0.05, 0.1) is 0 Å². The zero-order chi connectivity index (χ0) is 15.1. The van der Waals surface area contributed by atoms with Gasteiger partial charge in [-0.15, -0.1) is 0 Å². The van der Waals surface area contributed by atoms with E-state index < -0.39 is 0 Å². The summed E-state index contributed by atoms with van der Waals surface area (Å²) < 4.78 is 0. The summed E-state index contributed by atoms with van der Waals surface area (Å²) >= 11 is 0. The smallest absolute Gasteiger partial charge is 0.224 e. The Morgan fingerprint density at radius 2 is 1.86 bits per heavy atom. The van der Waals surface area contributed by atoms with Crippen LogP contribution in [0.4, 0.5) is 11.4 Å². The largest absolute Gasteiger partial charge is 0.372 e. The van der Waals surface area contributed by atoms with Crippen molar-refractivity contribution in [3.8, 4) is 0 Å². The first-order valence-electron chi connectivity index (χ1n) is 8.03. The summed E-state index contributed by atoms with van der Waals surface area (Å²) in [6.45, 7) is 7.41. The molecule has 0 radical (unpaired) electrons. The van der Waals surface area contributed by atoms with Crippen LogP contribution in [0.3, 0.4) is 0 Å². The summed E-state index contributed by atoms with van der Waals surface area (Å²) in [4.78, 5) is 14.2. The molecule has 4 heteroatoms. The monoisotopic (exact) mass is 289 g/mol. The van der Waals surface area contributed by atoms with Crippen LogP contribution >= 0.6 is 0 Å². The number of amides is 1. The molecule has 2 rings (SSSR count). The van der Waals surface area contributed by atoms with E-state index in [1.54, 1.807) is 0 Å². The molecule has 21 heavy (non-hydrogen) atoms. The second kappa shape index (κ2) is 8.03. The third-order valence-corrected chi connectivity index (χ3v) is 3.76. The van der Waals surface area contributed by atoms with E-state index in [1.165, 1.54) is 18.5 Å². The molecule has 116 valence electrons. The maximum atomic E-state index is 11.8. The molecular formula is C17H27N3O. The number of hydrogen-bond donors (Lipinski definition) is 2. The molecule has 1 aromatic carbocycles. The number of carbonyl (C=O) groups is 1. The fourth-order valence-corrected chi connectivity index (χ4v) is 2.59. The average Bonchev–Trinajstić information content (AvgIpc) is 2.98. The zero-order valence-corrected chi connectivity index (χ0v) is 13.2. The van der Waals surface area contributed by atoms with Crippen LogP contribution in [0.5, 0.6) is 0 Å². The van der Waals surface area contributed by atoms with Gasteiger partial charge in [0.2, 0.25) is 5.91 Å². The molecule has 1 saturated heterocycles. The molecule has 1 fully saturated rings. The molecule has 1 amide bonds. The van der Waals surface area contributed by atoms with Gasteiger partial charge in [-0.05, 0) is 50.1 Å². The molecule has 0 saturated carbocycles. The lowest BCUT2D eigenvalue weighted by molar-refractivity contribution is -0.116. The van der Waals surface area contributed by atoms with Crippen molar-refractivity contribution in [1.29, 1.82) is 0 Å². The summed E-state index contributed by atoms with van der Waals surface area (Å²) in [5.41, 5.74) is 2.14. The quantitative estimate of drug-likeness (QED) is 0.758. The maximum Gasteiger partial charge on any atom is 0.224 e. The van der Waals surface area contributed by atoms with Gasteiger partial charge in [-0.25, -0.2) is 0 Å². The SMILES string of the molecule is CC(C)NCCCC(=O)Nc1ccc(N2CCCC2)cc1. The van der Waals surface area contributed by atoms with Gasteiger partial charge in [0.1, 0.15) is 0 Å². The first kappa shape index (κ1) is 15.8. The van der Waals surface area contributed by atoms with Crippen molar-refractivity contribution in [3.05, 3.63) is 24.3 Å². The first-order valence-corrected chi connectivity index (χ1v) is 8.03. The maximum absolute atomic E-state index is 11.8. The van der Waals surface area contributed by atoms with E-state index in [0.29, 0.717) is 12.5 Å². The number of anilines is 2. The highest BCUT2D eigenvalue weighted by molar-refractivity contribution is 5.90. The molecular weight excluding hydrogens is 262 g/mol. The van der Waals surface area contributed by atoms with Crippen molar-refractivity contribution in [1.82, 2.24) is 5.32 Å². The molecule has 2 N–H and O–H groups in total. The second-order valence-electron chi connectivity index (χ2n) is 6.00. The average molecular weight is 289 g/mol. The van der Waals surface area contributed by atoms with Crippen LogP contribution in [0.25, 0.3) is 0 Å².